The Labute approximate surface area is 99.6 Å². The van der Waals surface area contributed by atoms with Crippen LogP contribution in [-0.4, -0.2) is 48.4 Å². The van der Waals surface area contributed by atoms with E-state index in [1.807, 2.05) is 6.07 Å². The van der Waals surface area contributed by atoms with Crippen LogP contribution in [0.1, 0.15) is 0 Å². The van der Waals surface area contributed by atoms with Crippen LogP contribution in [0.4, 0.5) is 0 Å². The first-order valence-corrected chi connectivity index (χ1v) is 5.99. The van der Waals surface area contributed by atoms with E-state index < -0.39 is 0 Å². The number of rotatable bonds is 2. The minimum absolute atomic E-state index is 0.0203. The molecule has 1 aromatic rings. The maximum absolute atomic E-state index is 11.6. The molecule has 17 heavy (non-hydrogen) atoms. The Morgan fingerprint density at radius 2 is 2.12 bits per heavy atom. The Hall–Kier alpha value is -1.33. The zero-order chi connectivity index (χ0) is 11.7. The smallest absolute Gasteiger partial charge is 0.253 e. The van der Waals surface area contributed by atoms with Gasteiger partial charge in [0, 0.05) is 25.7 Å². The van der Waals surface area contributed by atoms with Crippen molar-refractivity contribution in [3.8, 4) is 5.88 Å². The third-order valence-corrected chi connectivity index (χ3v) is 3.25. The van der Waals surface area contributed by atoms with Crippen molar-refractivity contribution in [2.24, 2.45) is 0 Å². The Morgan fingerprint density at radius 1 is 1.29 bits per heavy atom. The van der Waals surface area contributed by atoms with Crippen molar-refractivity contribution in [2.45, 2.75) is 12.6 Å². The predicted octanol–water partition coefficient (Wildman–Crippen LogP) is -0.0585. The van der Waals surface area contributed by atoms with E-state index in [1.54, 1.807) is 16.7 Å². The van der Waals surface area contributed by atoms with Crippen LogP contribution in [0.3, 0.4) is 0 Å². The third-order valence-electron chi connectivity index (χ3n) is 3.25. The molecule has 5 nitrogen and oxygen atoms in total. The molecule has 1 atom stereocenters. The molecule has 0 bridgehead atoms. The fraction of sp³-hybridized carbons (Fsp3) is 0.583. The summed E-state index contributed by atoms with van der Waals surface area (Å²) < 4.78 is 12.8. The standard InChI is InChI=1S/C12H16N2O3/c15-11-2-1-3-12-14(11)9-10(17-12)8-13-4-6-16-7-5-13/h1-3,10H,4-9H2. The highest BCUT2D eigenvalue weighted by Gasteiger charge is 2.25. The largest absolute Gasteiger partial charge is 0.472 e. The molecule has 2 aliphatic heterocycles. The number of fused-ring (bicyclic) bond motifs is 1. The summed E-state index contributed by atoms with van der Waals surface area (Å²) in [4.78, 5) is 13.9. The summed E-state index contributed by atoms with van der Waals surface area (Å²) in [7, 11) is 0. The summed E-state index contributed by atoms with van der Waals surface area (Å²) in [6.07, 6.45) is 0.0863. The summed E-state index contributed by atoms with van der Waals surface area (Å²) in [6, 6.07) is 5.16. The van der Waals surface area contributed by atoms with Gasteiger partial charge in [0.25, 0.3) is 5.56 Å². The second-order valence-electron chi connectivity index (χ2n) is 4.47. The Kier molecular flexibility index (Phi) is 2.86. The molecule has 0 saturated carbocycles. The molecule has 1 saturated heterocycles. The molecule has 3 rings (SSSR count). The number of nitrogens with zero attached hydrogens (tertiary/aromatic N) is 2. The predicted molar refractivity (Wildman–Crippen MR) is 62.4 cm³/mol. The van der Waals surface area contributed by atoms with Crippen molar-refractivity contribution in [1.82, 2.24) is 9.47 Å². The van der Waals surface area contributed by atoms with Crippen LogP contribution < -0.4 is 10.3 Å². The van der Waals surface area contributed by atoms with Crippen LogP contribution >= 0.6 is 0 Å². The van der Waals surface area contributed by atoms with E-state index in [4.69, 9.17) is 9.47 Å². The van der Waals surface area contributed by atoms with Crippen LogP contribution in [0.2, 0.25) is 0 Å². The highest BCUT2D eigenvalue weighted by atomic mass is 16.5. The maximum Gasteiger partial charge on any atom is 0.253 e. The monoisotopic (exact) mass is 236 g/mol. The van der Waals surface area contributed by atoms with Gasteiger partial charge in [0.2, 0.25) is 0 Å². The summed E-state index contributed by atoms with van der Waals surface area (Å²) in [5.41, 5.74) is 0.0203. The number of hydrogen-bond donors (Lipinski definition) is 0. The van der Waals surface area contributed by atoms with Gasteiger partial charge in [-0.05, 0) is 6.07 Å². The highest BCUT2D eigenvalue weighted by molar-refractivity contribution is 5.16. The van der Waals surface area contributed by atoms with Gasteiger partial charge in [-0.1, -0.05) is 6.07 Å². The molecule has 1 aromatic heterocycles. The summed E-state index contributed by atoms with van der Waals surface area (Å²) >= 11 is 0. The molecule has 3 heterocycles. The number of morpholine rings is 1. The van der Waals surface area contributed by atoms with E-state index in [1.165, 1.54) is 0 Å². The summed E-state index contributed by atoms with van der Waals surface area (Å²) in [5.74, 6) is 0.691. The highest BCUT2D eigenvalue weighted by Crippen LogP contribution is 2.19. The topological polar surface area (TPSA) is 43.7 Å². The normalized spacial score (nSPS) is 24.4. The molecule has 0 spiro atoms. The lowest BCUT2D eigenvalue weighted by Crippen LogP contribution is -2.42. The van der Waals surface area contributed by atoms with Gasteiger partial charge in [-0.15, -0.1) is 0 Å². The summed E-state index contributed by atoms with van der Waals surface area (Å²) in [6.45, 7) is 5.01. The average molecular weight is 236 g/mol. The molecule has 2 aliphatic rings. The van der Waals surface area contributed by atoms with Crippen molar-refractivity contribution < 1.29 is 9.47 Å². The molecule has 0 N–H and O–H groups in total. The zero-order valence-corrected chi connectivity index (χ0v) is 9.67. The van der Waals surface area contributed by atoms with E-state index >= 15 is 0 Å². The van der Waals surface area contributed by atoms with Gasteiger partial charge in [-0.3, -0.25) is 14.3 Å². The molecular weight excluding hydrogens is 220 g/mol. The number of aromatic nitrogens is 1. The number of pyridine rings is 1. The molecule has 0 aromatic carbocycles. The van der Waals surface area contributed by atoms with Crippen molar-refractivity contribution in [2.75, 3.05) is 32.8 Å². The Morgan fingerprint density at radius 3 is 2.88 bits per heavy atom. The quantitative estimate of drug-likeness (QED) is 0.721. The van der Waals surface area contributed by atoms with Gasteiger partial charge < -0.3 is 9.47 Å². The van der Waals surface area contributed by atoms with Crippen molar-refractivity contribution in [3.63, 3.8) is 0 Å². The molecule has 0 radical (unpaired) electrons. The lowest BCUT2D eigenvalue weighted by Gasteiger charge is -2.28. The second-order valence-corrected chi connectivity index (χ2v) is 4.47. The van der Waals surface area contributed by atoms with Crippen molar-refractivity contribution in [3.05, 3.63) is 28.6 Å². The minimum Gasteiger partial charge on any atom is -0.472 e. The molecular formula is C12H16N2O3. The number of ether oxygens (including phenoxy) is 2. The molecule has 92 valence electrons. The second kappa shape index (κ2) is 4.50. The zero-order valence-electron chi connectivity index (χ0n) is 9.67. The van der Waals surface area contributed by atoms with Gasteiger partial charge in [-0.25, -0.2) is 0 Å². The molecule has 1 fully saturated rings. The van der Waals surface area contributed by atoms with Gasteiger partial charge in [0.1, 0.15) is 6.10 Å². The van der Waals surface area contributed by atoms with Gasteiger partial charge in [-0.2, -0.15) is 0 Å². The van der Waals surface area contributed by atoms with Crippen LogP contribution in [0.15, 0.2) is 23.0 Å². The van der Waals surface area contributed by atoms with E-state index in [0.717, 1.165) is 32.8 Å². The maximum atomic E-state index is 11.6. The minimum atomic E-state index is 0.0203. The van der Waals surface area contributed by atoms with Gasteiger partial charge >= 0.3 is 0 Å². The average Bonchev–Trinajstić information content (AvgIpc) is 2.74. The first-order chi connectivity index (χ1) is 8.33. The van der Waals surface area contributed by atoms with Gasteiger partial charge in [0.05, 0.1) is 19.8 Å². The molecule has 0 aliphatic carbocycles. The van der Waals surface area contributed by atoms with Crippen LogP contribution in [0, 0.1) is 0 Å². The summed E-state index contributed by atoms with van der Waals surface area (Å²) in [5, 5.41) is 0. The van der Waals surface area contributed by atoms with Crippen molar-refractivity contribution >= 4 is 0 Å². The van der Waals surface area contributed by atoms with Crippen molar-refractivity contribution in [1.29, 1.82) is 0 Å². The Balaban J connectivity index is 1.65. The van der Waals surface area contributed by atoms with E-state index in [-0.39, 0.29) is 11.7 Å². The van der Waals surface area contributed by atoms with Crippen LogP contribution in [-0.2, 0) is 11.3 Å². The Bertz CT molecular complexity index is 451. The molecule has 0 amide bonds. The van der Waals surface area contributed by atoms with E-state index in [2.05, 4.69) is 4.90 Å². The fourth-order valence-electron chi connectivity index (χ4n) is 2.36. The number of hydrogen-bond acceptors (Lipinski definition) is 4. The molecule has 1 unspecified atom stereocenters. The lowest BCUT2D eigenvalue weighted by molar-refractivity contribution is 0.0220. The molecule has 5 heteroatoms. The third kappa shape index (κ3) is 2.21. The van der Waals surface area contributed by atoms with E-state index in [0.29, 0.717) is 12.4 Å². The SMILES string of the molecule is O=c1cccc2n1CC(CN1CCOCC1)O2. The lowest BCUT2D eigenvalue weighted by atomic mass is 10.3. The van der Waals surface area contributed by atoms with Crippen LogP contribution in [0.5, 0.6) is 5.88 Å². The fourth-order valence-corrected chi connectivity index (χ4v) is 2.36. The van der Waals surface area contributed by atoms with Gasteiger partial charge in [0.15, 0.2) is 5.88 Å². The van der Waals surface area contributed by atoms with E-state index in [9.17, 15) is 4.79 Å². The van der Waals surface area contributed by atoms with Crippen LogP contribution in [0.25, 0.3) is 0 Å². The first kappa shape index (κ1) is 10.8. The first-order valence-electron chi connectivity index (χ1n) is 5.99.